The predicted octanol–water partition coefficient (Wildman–Crippen LogP) is 1.86. The zero-order valence-electron chi connectivity index (χ0n) is 9.73. The van der Waals surface area contributed by atoms with E-state index in [0.717, 1.165) is 21.4 Å². The van der Waals surface area contributed by atoms with Gasteiger partial charge < -0.3 is 16.8 Å². The van der Waals surface area contributed by atoms with E-state index in [-0.39, 0.29) is 5.95 Å². The van der Waals surface area contributed by atoms with E-state index < -0.39 is 0 Å². The standard InChI is InChI=1S/C12H14BrN5/c13-9-3-1-2-8(6-9)11-10(16-5-4-14)7-17-12(15)18-11/h1-3,6-7,16H,4-5,14H2,(H2,15,17,18). The van der Waals surface area contributed by atoms with E-state index in [1.165, 1.54) is 0 Å². The number of hydrogen-bond donors (Lipinski definition) is 3. The van der Waals surface area contributed by atoms with Crippen LogP contribution in [0.1, 0.15) is 0 Å². The molecule has 2 aromatic rings. The number of halogens is 1. The lowest BCUT2D eigenvalue weighted by atomic mass is 10.1. The quantitative estimate of drug-likeness (QED) is 0.802. The summed E-state index contributed by atoms with van der Waals surface area (Å²) in [6.07, 6.45) is 1.67. The SMILES string of the molecule is NCCNc1cnc(N)nc1-c1cccc(Br)c1. The van der Waals surface area contributed by atoms with Crippen molar-refractivity contribution in [2.75, 3.05) is 24.1 Å². The van der Waals surface area contributed by atoms with Crippen molar-refractivity contribution >= 4 is 27.6 Å². The third-order valence-electron chi connectivity index (χ3n) is 2.37. The van der Waals surface area contributed by atoms with Crippen LogP contribution in [-0.4, -0.2) is 23.1 Å². The highest BCUT2D eigenvalue weighted by molar-refractivity contribution is 9.10. The molecule has 18 heavy (non-hydrogen) atoms. The van der Waals surface area contributed by atoms with E-state index in [0.29, 0.717) is 13.1 Å². The summed E-state index contributed by atoms with van der Waals surface area (Å²) in [6, 6.07) is 7.86. The first-order chi connectivity index (χ1) is 8.70. The van der Waals surface area contributed by atoms with Crippen LogP contribution < -0.4 is 16.8 Å². The largest absolute Gasteiger partial charge is 0.381 e. The van der Waals surface area contributed by atoms with E-state index in [1.807, 2.05) is 24.3 Å². The summed E-state index contributed by atoms with van der Waals surface area (Å²) < 4.78 is 0.988. The highest BCUT2D eigenvalue weighted by Crippen LogP contribution is 2.27. The summed E-state index contributed by atoms with van der Waals surface area (Å²) in [5.41, 5.74) is 13.7. The normalized spacial score (nSPS) is 10.3. The molecule has 1 aromatic heterocycles. The second-order valence-electron chi connectivity index (χ2n) is 3.72. The number of nitrogens with zero attached hydrogens (tertiary/aromatic N) is 2. The Bertz CT molecular complexity index is 544. The number of anilines is 2. The minimum Gasteiger partial charge on any atom is -0.381 e. The number of benzene rings is 1. The summed E-state index contributed by atoms with van der Waals surface area (Å²) >= 11 is 3.44. The molecule has 0 amide bonds. The first kappa shape index (κ1) is 12.8. The lowest BCUT2D eigenvalue weighted by Crippen LogP contribution is -2.14. The van der Waals surface area contributed by atoms with Crippen molar-refractivity contribution in [3.8, 4) is 11.3 Å². The molecule has 0 saturated heterocycles. The molecule has 0 fully saturated rings. The Balaban J connectivity index is 2.44. The minimum absolute atomic E-state index is 0.253. The van der Waals surface area contributed by atoms with Crippen LogP contribution in [-0.2, 0) is 0 Å². The Labute approximate surface area is 114 Å². The molecule has 0 bridgehead atoms. The van der Waals surface area contributed by atoms with Gasteiger partial charge in [-0.05, 0) is 12.1 Å². The topological polar surface area (TPSA) is 89.8 Å². The maximum absolute atomic E-state index is 5.65. The molecular formula is C12H14BrN5. The van der Waals surface area contributed by atoms with Gasteiger partial charge >= 0.3 is 0 Å². The minimum atomic E-state index is 0.253. The Morgan fingerprint density at radius 2 is 2.17 bits per heavy atom. The van der Waals surface area contributed by atoms with Gasteiger partial charge in [0.25, 0.3) is 0 Å². The maximum Gasteiger partial charge on any atom is 0.220 e. The smallest absolute Gasteiger partial charge is 0.220 e. The van der Waals surface area contributed by atoms with Crippen molar-refractivity contribution in [3.05, 3.63) is 34.9 Å². The van der Waals surface area contributed by atoms with Crippen LogP contribution in [0.4, 0.5) is 11.6 Å². The molecule has 5 nitrogen and oxygen atoms in total. The van der Waals surface area contributed by atoms with Gasteiger partial charge in [-0.15, -0.1) is 0 Å². The van der Waals surface area contributed by atoms with Crippen LogP contribution in [0.15, 0.2) is 34.9 Å². The monoisotopic (exact) mass is 307 g/mol. The van der Waals surface area contributed by atoms with E-state index in [4.69, 9.17) is 11.5 Å². The van der Waals surface area contributed by atoms with Crippen LogP contribution >= 0.6 is 15.9 Å². The number of rotatable bonds is 4. The first-order valence-corrected chi connectivity index (χ1v) is 6.32. The van der Waals surface area contributed by atoms with Gasteiger partial charge in [-0.25, -0.2) is 9.97 Å². The molecule has 0 aliphatic carbocycles. The third-order valence-corrected chi connectivity index (χ3v) is 2.86. The lowest BCUT2D eigenvalue weighted by molar-refractivity contribution is 1.02. The van der Waals surface area contributed by atoms with Gasteiger partial charge in [0, 0.05) is 23.1 Å². The molecule has 1 aromatic carbocycles. The fourth-order valence-corrected chi connectivity index (χ4v) is 1.99. The molecule has 0 unspecified atom stereocenters. The Morgan fingerprint density at radius 1 is 1.33 bits per heavy atom. The Hall–Kier alpha value is -1.66. The number of nitrogen functional groups attached to an aromatic ring is 1. The van der Waals surface area contributed by atoms with Gasteiger partial charge in [-0.3, -0.25) is 0 Å². The average molecular weight is 308 g/mol. The Morgan fingerprint density at radius 3 is 2.89 bits per heavy atom. The maximum atomic E-state index is 5.65. The number of nitrogens with one attached hydrogen (secondary N) is 1. The second-order valence-corrected chi connectivity index (χ2v) is 4.63. The first-order valence-electron chi connectivity index (χ1n) is 5.53. The van der Waals surface area contributed by atoms with Crippen molar-refractivity contribution < 1.29 is 0 Å². The number of aromatic nitrogens is 2. The molecule has 6 heteroatoms. The van der Waals surface area contributed by atoms with Crippen molar-refractivity contribution in [2.45, 2.75) is 0 Å². The summed E-state index contributed by atoms with van der Waals surface area (Å²) in [6.45, 7) is 1.20. The zero-order valence-corrected chi connectivity index (χ0v) is 11.3. The molecule has 94 valence electrons. The van der Waals surface area contributed by atoms with Crippen LogP contribution in [0.5, 0.6) is 0 Å². The molecule has 0 radical (unpaired) electrons. The van der Waals surface area contributed by atoms with Gasteiger partial charge in [0.2, 0.25) is 5.95 Å². The fraction of sp³-hybridized carbons (Fsp3) is 0.167. The van der Waals surface area contributed by atoms with Gasteiger partial charge in [0.15, 0.2) is 0 Å². The van der Waals surface area contributed by atoms with E-state index >= 15 is 0 Å². The summed E-state index contributed by atoms with van der Waals surface area (Å²) in [7, 11) is 0. The molecule has 2 rings (SSSR count). The van der Waals surface area contributed by atoms with Crippen molar-refractivity contribution in [2.24, 2.45) is 5.73 Å². The highest BCUT2D eigenvalue weighted by Gasteiger charge is 2.08. The molecular weight excluding hydrogens is 294 g/mol. The molecule has 1 heterocycles. The van der Waals surface area contributed by atoms with Crippen LogP contribution in [0.2, 0.25) is 0 Å². The van der Waals surface area contributed by atoms with Crippen LogP contribution in [0, 0.1) is 0 Å². The predicted molar refractivity (Wildman–Crippen MR) is 77.1 cm³/mol. The van der Waals surface area contributed by atoms with Crippen molar-refractivity contribution in [3.63, 3.8) is 0 Å². The van der Waals surface area contributed by atoms with Gasteiger partial charge in [-0.2, -0.15) is 0 Å². The fourth-order valence-electron chi connectivity index (χ4n) is 1.59. The lowest BCUT2D eigenvalue weighted by Gasteiger charge is -2.11. The number of nitrogens with two attached hydrogens (primary N) is 2. The molecule has 0 spiro atoms. The zero-order chi connectivity index (χ0) is 13.0. The third kappa shape index (κ3) is 2.96. The van der Waals surface area contributed by atoms with Gasteiger partial charge in [0.1, 0.15) is 0 Å². The van der Waals surface area contributed by atoms with Crippen LogP contribution in [0.25, 0.3) is 11.3 Å². The van der Waals surface area contributed by atoms with Gasteiger partial charge in [-0.1, -0.05) is 28.1 Å². The van der Waals surface area contributed by atoms with Crippen molar-refractivity contribution in [1.29, 1.82) is 0 Å². The van der Waals surface area contributed by atoms with Crippen LogP contribution in [0.3, 0.4) is 0 Å². The van der Waals surface area contributed by atoms with E-state index in [9.17, 15) is 0 Å². The summed E-state index contributed by atoms with van der Waals surface area (Å²) in [5.74, 6) is 0.253. The molecule has 5 N–H and O–H groups in total. The molecule has 0 saturated carbocycles. The molecule has 0 atom stereocenters. The van der Waals surface area contributed by atoms with E-state index in [2.05, 4.69) is 31.2 Å². The molecule has 0 aliphatic heterocycles. The highest BCUT2D eigenvalue weighted by atomic mass is 79.9. The number of hydrogen-bond acceptors (Lipinski definition) is 5. The van der Waals surface area contributed by atoms with Gasteiger partial charge in [0.05, 0.1) is 17.6 Å². The summed E-state index contributed by atoms with van der Waals surface area (Å²) in [4.78, 5) is 8.27. The van der Waals surface area contributed by atoms with Crippen molar-refractivity contribution in [1.82, 2.24) is 9.97 Å². The molecule has 0 aliphatic rings. The Kier molecular flexibility index (Phi) is 4.11. The summed E-state index contributed by atoms with van der Waals surface area (Å²) in [5, 5.41) is 3.19. The average Bonchev–Trinajstić information content (AvgIpc) is 2.37. The van der Waals surface area contributed by atoms with E-state index in [1.54, 1.807) is 6.20 Å². The second kappa shape index (κ2) is 5.79.